The number of carbonyl (C=O) groups excluding carboxylic acids is 2. The van der Waals surface area contributed by atoms with E-state index in [1.54, 1.807) is 27.1 Å². The van der Waals surface area contributed by atoms with Gasteiger partial charge in [0.15, 0.2) is 17.7 Å². The van der Waals surface area contributed by atoms with Crippen molar-refractivity contribution < 1.29 is 23.6 Å². The molecule has 3 heterocycles. The second-order valence-corrected chi connectivity index (χ2v) is 8.72. The lowest BCUT2D eigenvalue weighted by molar-refractivity contribution is -0.129. The van der Waals surface area contributed by atoms with E-state index in [2.05, 4.69) is 25.5 Å². The minimum absolute atomic E-state index is 0.0833. The van der Waals surface area contributed by atoms with Crippen LogP contribution in [0.4, 0.5) is 4.39 Å². The molecule has 1 aromatic carbocycles. The molecule has 3 aromatic rings. The molecule has 2 aromatic heterocycles. The number of nitrogens with one attached hydrogen (secondary N) is 1. The van der Waals surface area contributed by atoms with Gasteiger partial charge < -0.3 is 19.8 Å². The highest BCUT2D eigenvalue weighted by molar-refractivity contribution is 6.02. The van der Waals surface area contributed by atoms with Gasteiger partial charge in [0.2, 0.25) is 5.91 Å². The third kappa shape index (κ3) is 5.99. The fraction of sp³-hybridized carbons (Fsp3) is 0.320. The maximum atomic E-state index is 13.6. The summed E-state index contributed by atoms with van der Waals surface area (Å²) >= 11 is 0. The molecule has 0 fully saturated rings. The van der Waals surface area contributed by atoms with Crippen LogP contribution in [0.25, 0.3) is 0 Å². The van der Waals surface area contributed by atoms with Gasteiger partial charge in [-0.25, -0.2) is 19.0 Å². The summed E-state index contributed by atoms with van der Waals surface area (Å²) in [5, 5.41) is 11.1. The summed E-state index contributed by atoms with van der Waals surface area (Å²) in [4.78, 5) is 52.5. The number of likely N-dealkylation sites (N-methyl/N-ethyl adjacent to an activating group) is 1. The number of hydrogen-bond acceptors (Lipinski definition) is 9. The zero-order chi connectivity index (χ0) is 27.4. The molecule has 38 heavy (non-hydrogen) atoms. The van der Waals surface area contributed by atoms with Gasteiger partial charge in [0.05, 0.1) is 12.8 Å². The first-order valence-corrected chi connectivity index (χ1v) is 11.6. The lowest BCUT2D eigenvalue weighted by Gasteiger charge is -2.13. The van der Waals surface area contributed by atoms with E-state index in [0.29, 0.717) is 28.5 Å². The molecule has 0 aliphatic carbocycles. The number of ether oxygens (including phenoxy) is 1. The van der Waals surface area contributed by atoms with E-state index in [1.807, 2.05) is 0 Å². The quantitative estimate of drug-likeness (QED) is 0.467. The van der Waals surface area contributed by atoms with Gasteiger partial charge in [-0.2, -0.15) is 5.10 Å². The van der Waals surface area contributed by atoms with E-state index in [-0.39, 0.29) is 36.9 Å². The Morgan fingerprint density at radius 2 is 2.00 bits per heavy atom. The Hall–Kier alpha value is -4.68. The first-order valence-electron chi connectivity index (χ1n) is 11.6. The molecule has 0 saturated carbocycles. The molecule has 12 nitrogen and oxygen atoms in total. The van der Waals surface area contributed by atoms with Crippen molar-refractivity contribution in [2.75, 3.05) is 21.2 Å². The maximum Gasteiger partial charge on any atom is 0.270 e. The molecule has 0 spiro atoms. The fourth-order valence-electron chi connectivity index (χ4n) is 3.63. The van der Waals surface area contributed by atoms with Crippen molar-refractivity contribution in [3.05, 3.63) is 81.0 Å². The Labute approximate surface area is 217 Å². The highest BCUT2D eigenvalue weighted by Crippen LogP contribution is 2.27. The molecule has 1 unspecified atom stereocenters. The molecular formula is C25H26FN7O5. The van der Waals surface area contributed by atoms with E-state index in [9.17, 15) is 18.8 Å². The smallest absolute Gasteiger partial charge is 0.270 e. The number of oxime groups is 1. The molecule has 0 saturated heterocycles. The third-order valence-electron chi connectivity index (χ3n) is 5.70. The molecule has 198 valence electrons. The minimum Gasteiger partial charge on any atom is -0.494 e. The van der Waals surface area contributed by atoms with Gasteiger partial charge >= 0.3 is 0 Å². The summed E-state index contributed by atoms with van der Waals surface area (Å²) in [5.41, 5.74) is 1.67. The van der Waals surface area contributed by atoms with Gasteiger partial charge in [-0.05, 0) is 36.8 Å². The van der Waals surface area contributed by atoms with Crippen LogP contribution in [0.1, 0.15) is 45.8 Å². The van der Waals surface area contributed by atoms with Gasteiger partial charge in [0, 0.05) is 33.1 Å². The third-order valence-corrected chi connectivity index (χ3v) is 5.70. The Morgan fingerprint density at radius 1 is 1.21 bits per heavy atom. The molecule has 2 amide bonds. The van der Waals surface area contributed by atoms with Gasteiger partial charge in [0.1, 0.15) is 29.5 Å². The topological polar surface area (TPSA) is 141 Å². The number of hydrogen-bond donors (Lipinski definition) is 1. The molecule has 1 atom stereocenters. The van der Waals surface area contributed by atoms with E-state index < -0.39 is 23.4 Å². The summed E-state index contributed by atoms with van der Waals surface area (Å²) in [5.74, 6) is -0.777. The molecule has 0 radical (unpaired) electrons. The van der Waals surface area contributed by atoms with Crippen molar-refractivity contribution in [3.8, 4) is 5.75 Å². The van der Waals surface area contributed by atoms with Crippen LogP contribution in [0, 0.1) is 12.7 Å². The monoisotopic (exact) mass is 523 g/mol. The van der Waals surface area contributed by atoms with Gasteiger partial charge in [-0.3, -0.25) is 14.4 Å². The Kier molecular flexibility index (Phi) is 7.74. The summed E-state index contributed by atoms with van der Waals surface area (Å²) < 4.78 is 19.7. The number of amides is 2. The number of rotatable bonds is 8. The van der Waals surface area contributed by atoms with Crippen LogP contribution in [0.3, 0.4) is 0 Å². The molecule has 0 bridgehead atoms. The van der Waals surface area contributed by atoms with Gasteiger partial charge in [-0.1, -0.05) is 11.2 Å². The van der Waals surface area contributed by atoms with Crippen molar-refractivity contribution in [2.24, 2.45) is 5.16 Å². The number of methoxy groups -OCH3 is 1. The van der Waals surface area contributed by atoms with Crippen molar-refractivity contribution in [2.45, 2.75) is 32.5 Å². The Balaban J connectivity index is 1.46. The van der Waals surface area contributed by atoms with E-state index in [4.69, 9.17) is 9.57 Å². The SMILES string of the molecule is COc1cc(CNC(=O)c2cc(C3=NOC(c4ccc(=O)n(CC(=O)N(C)C)n4)C3)nc(C)n2)ccc1F. The lowest BCUT2D eigenvalue weighted by Crippen LogP contribution is -2.33. The van der Waals surface area contributed by atoms with Gasteiger partial charge in [-0.15, -0.1) is 0 Å². The molecular weight excluding hydrogens is 497 g/mol. The predicted octanol–water partition coefficient (Wildman–Crippen LogP) is 1.37. The number of halogens is 1. The highest BCUT2D eigenvalue weighted by atomic mass is 19.1. The number of aromatic nitrogens is 4. The number of carbonyl (C=O) groups is 2. The van der Waals surface area contributed by atoms with Crippen LogP contribution in [0.15, 0.2) is 46.3 Å². The standard InChI is InChI=1S/C25H26FN7O5/c1-14-28-18(10-20(29-14)25(36)27-12-15-5-6-16(26)21(9-15)37-4)19-11-22(38-31-19)17-7-8-23(34)33(30-17)13-24(35)32(2)3/h5-10,22H,11-13H2,1-4H3,(H,27,36). The second kappa shape index (κ2) is 11.2. The summed E-state index contributed by atoms with van der Waals surface area (Å²) in [6.07, 6.45) is -0.327. The zero-order valence-electron chi connectivity index (χ0n) is 21.3. The lowest BCUT2D eigenvalue weighted by atomic mass is 10.1. The van der Waals surface area contributed by atoms with E-state index >= 15 is 0 Å². The summed E-state index contributed by atoms with van der Waals surface area (Å²) in [6, 6.07) is 8.67. The molecule has 1 aliphatic rings. The number of nitrogens with zero attached hydrogens (tertiary/aromatic N) is 6. The van der Waals surface area contributed by atoms with E-state index in [1.165, 1.54) is 42.3 Å². The Morgan fingerprint density at radius 3 is 2.74 bits per heavy atom. The Bertz CT molecular complexity index is 1470. The number of benzene rings is 1. The van der Waals surface area contributed by atoms with Crippen LogP contribution >= 0.6 is 0 Å². The molecule has 1 N–H and O–H groups in total. The largest absolute Gasteiger partial charge is 0.494 e. The van der Waals surface area contributed by atoms with E-state index in [0.717, 1.165) is 4.68 Å². The van der Waals surface area contributed by atoms with Crippen LogP contribution in [0.2, 0.25) is 0 Å². The van der Waals surface area contributed by atoms with Crippen LogP contribution < -0.4 is 15.6 Å². The van der Waals surface area contributed by atoms with Crippen molar-refractivity contribution >= 4 is 17.5 Å². The summed E-state index contributed by atoms with van der Waals surface area (Å²) in [7, 11) is 4.55. The average Bonchev–Trinajstić information content (AvgIpc) is 3.39. The van der Waals surface area contributed by atoms with Gasteiger partial charge in [0.25, 0.3) is 11.5 Å². The predicted molar refractivity (Wildman–Crippen MR) is 133 cm³/mol. The number of aryl methyl sites for hydroxylation is 1. The van der Waals surface area contributed by atoms with Crippen LogP contribution in [-0.4, -0.2) is 63.4 Å². The zero-order valence-corrected chi connectivity index (χ0v) is 21.3. The second-order valence-electron chi connectivity index (χ2n) is 8.72. The van der Waals surface area contributed by atoms with Crippen LogP contribution in [0.5, 0.6) is 5.75 Å². The van der Waals surface area contributed by atoms with Crippen molar-refractivity contribution in [1.82, 2.24) is 30.0 Å². The van der Waals surface area contributed by atoms with Crippen LogP contribution in [-0.2, 0) is 22.7 Å². The first-order chi connectivity index (χ1) is 18.1. The molecule has 4 rings (SSSR count). The van der Waals surface area contributed by atoms with Crippen molar-refractivity contribution in [3.63, 3.8) is 0 Å². The summed E-state index contributed by atoms with van der Waals surface area (Å²) in [6.45, 7) is 1.59. The van der Waals surface area contributed by atoms with Crippen molar-refractivity contribution in [1.29, 1.82) is 0 Å². The maximum absolute atomic E-state index is 13.6. The molecule has 1 aliphatic heterocycles. The highest BCUT2D eigenvalue weighted by Gasteiger charge is 2.28. The first kappa shape index (κ1) is 26.4. The average molecular weight is 524 g/mol. The molecule has 13 heteroatoms. The normalized spacial score (nSPS) is 14.4. The fourth-order valence-corrected chi connectivity index (χ4v) is 3.63. The minimum atomic E-state index is -0.604.